The van der Waals surface area contributed by atoms with Crippen LogP contribution in [-0.4, -0.2) is 40.5 Å². The third kappa shape index (κ3) is 2.61. The average molecular weight is 309 g/mol. The fourth-order valence-electron chi connectivity index (χ4n) is 3.30. The Kier molecular flexibility index (Phi) is 3.58. The van der Waals surface area contributed by atoms with Gasteiger partial charge >= 0.3 is 0 Å². The van der Waals surface area contributed by atoms with E-state index < -0.39 is 0 Å². The summed E-state index contributed by atoms with van der Waals surface area (Å²) in [6, 6.07) is 10.1. The molecule has 0 bridgehead atoms. The molecule has 1 atom stereocenters. The summed E-state index contributed by atoms with van der Waals surface area (Å²) >= 11 is 0. The first-order valence-corrected chi connectivity index (χ1v) is 8.02. The van der Waals surface area contributed by atoms with Gasteiger partial charge in [-0.05, 0) is 18.4 Å². The van der Waals surface area contributed by atoms with E-state index in [1.165, 1.54) is 0 Å². The van der Waals surface area contributed by atoms with E-state index in [0.717, 1.165) is 24.1 Å². The van der Waals surface area contributed by atoms with E-state index in [9.17, 15) is 4.79 Å². The van der Waals surface area contributed by atoms with Crippen LogP contribution in [0.4, 0.5) is 0 Å². The summed E-state index contributed by atoms with van der Waals surface area (Å²) in [6.07, 6.45) is 6.69. The molecule has 2 fully saturated rings. The number of carbonyl (C=O) groups excluding carboxylic acids is 1. The maximum Gasteiger partial charge on any atom is 0.233 e. The van der Waals surface area contributed by atoms with Crippen LogP contribution in [0.1, 0.15) is 30.2 Å². The number of morpholine rings is 1. The monoisotopic (exact) mass is 309 g/mol. The van der Waals surface area contributed by atoms with Crippen LogP contribution in [0.3, 0.4) is 0 Å². The van der Waals surface area contributed by atoms with Crippen molar-refractivity contribution >= 4 is 5.91 Å². The predicted molar refractivity (Wildman–Crippen MR) is 84.7 cm³/mol. The van der Waals surface area contributed by atoms with Gasteiger partial charge in [0.1, 0.15) is 6.10 Å². The standard InChI is InChI=1S/C18H19N3O2/c22-17(18(6-7-18)14-4-2-1-3-5-14)21-10-11-23-16(13-21)15-12-19-8-9-20-15/h1-5,8-9,12,16H,6-7,10-11,13H2/t16-/m0/s1. The molecule has 0 spiro atoms. The number of nitrogens with zero attached hydrogens (tertiary/aromatic N) is 3. The number of hydrogen-bond acceptors (Lipinski definition) is 4. The van der Waals surface area contributed by atoms with Crippen molar-refractivity contribution in [2.45, 2.75) is 24.4 Å². The third-order valence-corrected chi connectivity index (χ3v) is 4.75. The van der Waals surface area contributed by atoms with E-state index in [0.29, 0.717) is 19.7 Å². The number of hydrogen-bond donors (Lipinski definition) is 0. The lowest BCUT2D eigenvalue weighted by Gasteiger charge is -2.35. The molecule has 0 unspecified atom stereocenters. The van der Waals surface area contributed by atoms with Crippen molar-refractivity contribution in [3.8, 4) is 0 Å². The van der Waals surface area contributed by atoms with Crippen LogP contribution in [0.25, 0.3) is 0 Å². The lowest BCUT2D eigenvalue weighted by molar-refractivity contribution is -0.142. The van der Waals surface area contributed by atoms with Gasteiger partial charge in [-0.3, -0.25) is 14.8 Å². The van der Waals surface area contributed by atoms with E-state index in [1.807, 2.05) is 23.1 Å². The number of aromatic nitrogens is 2. The summed E-state index contributed by atoms with van der Waals surface area (Å²) in [5, 5.41) is 0. The molecular weight excluding hydrogens is 290 g/mol. The van der Waals surface area contributed by atoms with Gasteiger partial charge in [0.2, 0.25) is 5.91 Å². The number of rotatable bonds is 3. The Morgan fingerprint density at radius 1 is 1.22 bits per heavy atom. The molecule has 1 aromatic carbocycles. The van der Waals surface area contributed by atoms with Crippen molar-refractivity contribution in [1.82, 2.24) is 14.9 Å². The van der Waals surface area contributed by atoms with Gasteiger partial charge in [0.05, 0.1) is 30.5 Å². The molecule has 0 N–H and O–H groups in total. The van der Waals surface area contributed by atoms with Gasteiger partial charge in [0.25, 0.3) is 0 Å². The van der Waals surface area contributed by atoms with Crippen molar-refractivity contribution in [3.63, 3.8) is 0 Å². The molecule has 5 heteroatoms. The molecule has 0 radical (unpaired) electrons. The van der Waals surface area contributed by atoms with Gasteiger partial charge in [0.15, 0.2) is 0 Å². The highest BCUT2D eigenvalue weighted by Gasteiger charge is 2.53. The van der Waals surface area contributed by atoms with Gasteiger partial charge in [-0.15, -0.1) is 0 Å². The predicted octanol–water partition coefficient (Wildman–Crippen LogP) is 2.11. The molecule has 23 heavy (non-hydrogen) atoms. The third-order valence-electron chi connectivity index (χ3n) is 4.75. The maximum atomic E-state index is 13.1. The van der Waals surface area contributed by atoms with E-state index in [-0.39, 0.29) is 17.4 Å². The second-order valence-corrected chi connectivity index (χ2v) is 6.19. The molecule has 1 amide bonds. The lowest BCUT2D eigenvalue weighted by atomic mass is 9.94. The van der Waals surface area contributed by atoms with Crippen LogP contribution in [-0.2, 0) is 14.9 Å². The molecule has 5 nitrogen and oxygen atoms in total. The van der Waals surface area contributed by atoms with Gasteiger partial charge in [-0.2, -0.15) is 0 Å². The zero-order chi connectivity index (χ0) is 15.7. The highest BCUT2D eigenvalue weighted by Crippen LogP contribution is 2.49. The number of amides is 1. The summed E-state index contributed by atoms with van der Waals surface area (Å²) < 4.78 is 5.79. The Morgan fingerprint density at radius 3 is 2.74 bits per heavy atom. The van der Waals surface area contributed by atoms with Gasteiger partial charge in [-0.25, -0.2) is 0 Å². The van der Waals surface area contributed by atoms with Crippen LogP contribution in [0, 0.1) is 0 Å². The van der Waals surface area contributed by atoms with E-state index in [1.54, 1.807) is 18.6 Å². The Balaban J connectivity index is 1.53. The van der Waals surface area contributed by atoms with Gasteiger partial charge < -0.3 is 9.64 Å². The van der Waals surface area contributed by atoms with Crippen LogP contribution >= 0.6 is 0 Å². The van der Waals surface area contributed by atoms with Crippen LogP contribution in [0.2, 0.25) is 0 Å². The molecule has 2 heterocycles. The van der Waals surface area contributed by atoms with Crippen molar-refractivity contribution in [1.29, 1.82) is 0 Å². The second-order valence-electron chi connectivity index (χ2n) is 6.19. The fourth-order valence-corrected chi connectivity index (χ4v) is 3.30. The topological polar surface area (TPSA) is 55.3 Å². The van der Waals surface area contributed by atoms with Crippen LogP contribution < -0.4 is 0 Å². The quantitative estimate of drug-likeness (QED) is 0.871. The molecule has 1 saturated carbocycles. The van der Waals surface area contributed by atoms with E-state index >= 15 is 0 Å². The minimum Gasteiger partial charge on any atom is -0.368 e. The smallest absolute Gasteiger partial charge is 0.233 e. The molecule has 1 aliphatic carbocycles. The number of benzene rings is 1. The Bertz CT molecular complexity index is 686. The fraction of sp³-hybridized carbons (Fsp3) is 0.389. The SMILES string of the molecule is O=C(N1CCO[C@H](c2cnccn2)C1)C1(c2ccccc2)CC1. The first kappa shape index (κ1) is 14.3. The number of carbonyl (C=O) groups is 1. The maximum absolute atomic E-state index is 13.1. The molecule has 1 aliphatic heterocycles. The first-order valence-electron chi connectivity index (χ1n) is 8.02. The van der Waals surface area contributed by atoms with E-state index in [4.69, 9.17) is 4.74 Å². The molecule has 1 aromatic heterocycles. The Morgan fingerprint density at radius 2 is 2.04 bits per heavy atom. The summed E-state index contributed by atoms with van der Waals surface area (Å²) in [5.74, 6) is 0.223. The summed E-state index contributed by atoms with van der Waals surface area (Å²) in [7, 11) is 0. The molecular formula is C18H19N3O2. The molecule has 4 rings (SSSR count). The summed E-state index contributed by atoms with van der Waals surface area (Å²) in [5.41, 5.74) is 1.60. The number of ether oxygens (including phenoxy) is 1. The summed E-state index contributed by atoms with van der Waals surface area (Å²) in [6.45, 7) is 1.73. The van der Waals surface area contributed by atoms with Crippen molar-refractivity contribution in [2.75, 3.05) is 19.7 Å². The molecule has 2 aromatic rings. The van der Waals surface area contributed by atoms with Crippen LogP contribution in [0.5, 0.6) is 0 Å². The molecule has 1 saturated heterocycles. The lowest BCUT2D eigenvalue weighted by Crippen LogP contribution is -2.47. The van der Waals surface area contributed by atoms with Crippen LogP contribution in [0.15, 0.2) is 48.9 Å². The Hall–Kier alpha value is -2.27. The van der Waals surface area contributed by atoms with Crippen molar-refractivity contribution < 1.29 is 9.53 Å². The minimum atomic E-state index is -0.314. The average Bonchev–Trinajstić information content (AvgIpc) is 3.45. The highest BCUT2D eigenvalue weighted by molar-refractivity contribution is 5.91. The summed E-state index contributed by atoms with van der Waals surface area (Å²) in [4.78, 5) is 23.4. The largest absolute Gasteiger partial charge is 0.368 e. The normalized spacial score (nSPS) is 22.6. The van der Waals surface area contributed by atoms with Gasteiger partial charge in [-0.1, -0.05) is 30.3 Å². The molecule has 2 aliphatic rings. The van der Waals surface area contributed by atoms with E-state index in [2.05, 4.69) is 22.1 Å². The zero-order valence-corrected chi connectivity index (χ0v) is 12.9. The molecule has 118 valence electrons. The first-order chi connectivity index (χ1) is 11.3. The second kappa shape index (κ2) is 5.74. The Labute approximate surface area is 135 Å². The zero-order valence-electron chi connectivity index (χ0n) is 12.9. The van der Waals surface area contributed by atoms with Crippen molar-refractivity contribution in [3.05, 3.63) is 60.2 Å². The van der Waals surface area contributed by atoms with Crippen molar-refractivity contribution in [2.24, 2.45) is 0 Å². The van der Waals surface area contributed by atoms with Gasteiger partial charge in [0, 0.05) is 18.9 Å². The minimum absolute atomic E-state index is 0.187. The highest BCUT2D eigenvalue weighted by atomic mass is 16.5.